The Morgan fingerprint density at radius 1 is 1.35 bits per heavy atom. The third-order valence-electron chi connectivity index (χ3n) is 3.69. The van der Waals surface area contributed by atoms with E-state index in [1.165, 1.54) is 24.2 Å². The zero-order valence-corrected chi connectivity index (χ0v) is 10.4. The molecule has 17 heavy (non-hydrogen) atoms. The summed E-state index contributed by atoms with van der Waals surface area (Å²) in [7, 11) is 2.16. The molecule has 0 saturated carbocycles. The van der Waals surface area contributed by atoms with Gasteiger partial charge in [0.15, 0.2) is 0 Å². The number of likely N-dealkylation sites (tertiary alicyclic amines) is 1. The van der Waals surface area contributed by atoms with Gasteiger partial charge in [-0.15, -0.1) is 0 Å². The van der Waals surface area contributed by atoms with Gasteiger partial charge in [-0.1, -0.05) is 6.07 Å². The monoisotopic (exact) mass is 232 g/mol. The summed E-state index contributed by atoms with van der Waals surface area (Å²) in [5, 5.41) is 3.39. The molecule has 1 saturated heterocycles. The van der Waals surface area contributed by atoms with Crippen LogP contribution in [0.5, 0.6) is 5.75 Å². The molecule has 3 rings (SSSR count). The highest BCUT2D eigenvalue weighted by Gasteiger charge is 2.23. The molecule has 1 aromatic carbocycles. The lowest BCUT2D eigenvalue weighted by Crippen LogP contribution is -2.46. The van der Waals surface area contributed by atoms with E-state index in [2.05, 4.69) is 35.5 Å². The van der Waals surface area contributed by atoms with Gasteiger partial charge in [0.05, 0.1) is 6.61 Å². The summed E-state index contributed by atoms with van der Waals surface area (Å²) < 4.78 is 5.88. The van der Waals surface area contributed by atoms with Gasteiger partial charge in [0.1, 0.15) is 5.75 Å². The van der Waals surface area contributed by atoms with Crippen LogP contribution in [0.3, 0.4) is 0 Å². The lowest BCUT2D eigenvalue weighted by atomic mass is 10.0. The van der Waals surface area contributed by atoms with E-state index < -0.39 is 0 Å². The van der Waals surface area contributed by atoms with Crippen molar-refractivity contribution in [2.45, 2.75) is 13.0 Å². The molecule has 0 atom stereocenters. The van der Waals surface area contributed by atoms with Crippen molar-refractivity contribution in [1.29, 1.82) is 0 Å². The number of benzene rings is 1. The molecule has 2 aliphatic heterocycles. The zero-order valence-electron chi connectivity index (χ0n) is 10.4. The molecule has 1 N–H and O–H groups in total. The SMILES string of the molecule is CN1CC(COc2ccc3c(c2)CCNC3)C1. The smallest absolute Gasteiger partial charge is 0.119 e. The Morgan fingerprint density at radius 2 is 2.24 bits per heavy atom. The molecule has 0 aliphatic carbocycles. The van der Waals surface area contributed by atoms with Gasteiger partial charge >= 0.3 is 0 Å². The average Bonchev–Trinajstić information content (AvgIpc) is 2.33. The van der Waals surface area contributed by atoms with Crippen LogP contribution < -0.4 is 10.1 Å². The summed E-state index contributed by atoms with van der Waals surface area (Å²) in [6.45, 7) is 5.30. The van der Waals surface area contributed by atoms with Gasteiger partial charge in [-0.25, -0.2) is 0 Å². The van der Waals surface area contributed by atoms with Gasteiger partial charge in [0.2, 0.25) is 0 Å². The standard InChI is InChI=1S/C14H20N2O/c1-16-8-11(9-16)10-17-14-3-2-13-7-15-5-4-12(13)6-14/h2-3,6,11,15H,4-5,7-10H2,1H3. The fourth-order valence-electron chi connectivity index (χ4n) is 2.69. The highest BCUT2D eigenvalue weighted by Crippen LogP contribution is 2.22. The molecule has 92 valence electrons. The van der Waals surface area contributed by atoms with Crippen molar-refractivity contribution in [2.24, 2.45) is 5.92 Å². The Kier molecular flexibility index (Phi) is 3.04. The molecule has 1 aromatic rings. The zero-order chi connectivity index (χ0) is 11.7. The van der Waals surface area contributed by atoms with Crippen molar-refractivity contribution in [3.8, 4) is 5.75 Å². The van der Waals surface area contributed by atoms with Crippen molar-refractivity contribution in [3.05, 3.63) is 29.3 Å². The molecule has 0 bridgehead atoms. The molecule has 3 nitrogen and oxygen atoms in total. The molecular weight excluding hydrogens is 212 g/mol. The number of nitrogens with zero attached hydrogens (tertiary/aromatic N) is 1. The highest BCUT2D eigenvalue weighted by atomic mass is 16.5. The first-order valence-corrected chi connectivity index (χ1v) is 6.45. The molecular formula is C14H20N2O. The number of ether oxygens (including phenoxy) is 1. The van der Waals surface area contributed by atoms with Gasteiger partial charge in [0, 0.05) is 25.6 Å². The Balaban J connectivity index is 1.59. The molecule has 1 fully saturated rings. The molecule has 0 amide bonds. The summed E-state index contributed by atoms with van der Waals surface area (Å²) in [6, 6.07) is 6.52. The topological polar surface area (TPSA) is 24.5 Å². The first kappa shape index (κ1) is 11.1. The molecule has 0 radical (unpaired) electrons. The number of hydrogen-bond acceptors (Lipinski definition) is 3. The fraction of sp³-hybridized carbons (Fsp3) is 0.571. The Morgan fingerprint density at radius 3 is 3.06 bits per heavy atom. The highest BCUT2D eigenvalue weighted by molar-refractivity contribution is 5.37. The van der Waals surface area contributed by atoms with Gasteiger partial charge < -0.3 is 15.0 Å². The van der Waals surface area contributed by atoms with Crippen LogP contribution in [0.2, 0.25) is 0 Å². The molecule has 3 heteroatoms. The first-order chi connectivity index (χ1) is 8.31. The van der Waals surface area contributed by atoms with Crippen molar-refractivity contribution in [1.82, 2.24) is 10.2 Å². The van der Waals surface area contributed by atoms with E-state index >= 15 is 0 Å². The normalized spacial score (nSPS) is 20.8. The fourth-order valence-corrected chi connectivity index (χ4v) is 2.69. The maximum atomic E-state index is 5.88. The Hall–Kier alpha value is -1.06. The quantitative estimate of drug-likeness (QED) is 0.849. The first-order valence-electron chi connectivity index (χ1n) is 6.45. The lowest BCUT2D eigenvalue weighted by Gasteiger charge is -2.35. The molecule has 2 aliphatic rings. The number of nitrogens with one attached hydrogen (secondary N) is 1. The third-order valence-corrected chi connectivity index (χ3v) is 3.69. The van der Waals surface area contributed by atoms with E-state index in [0.29, 0.717) is 0 Å². The lowest BCUT2D eigenvalue weighted by molar-refractivity contribution is 0.0857. The van der Waals surface area contributed by atoms with Crippen LogP contribution in [-0.2, 0) is 13.0 Å². The van der Waals surface area contributed by atoms with Gasteiger partial charge in [-0.3, -0.25) is 0 Å². The van der Waals surface area contributed by atoms with E-state index in [9.17, 15) is 0 Å². The Bertz CT molecular complexity index is 399. The third kappa shape index (κ3) is 2.45. The van der Waals surface area contributed by atoms with Crippen LogP contribution in [0, 0.1) is 5.92 Å². The molecule has 2 heterocycles. The van der Waals surface area contributed by atoms with E-state index in [1.807, 2.05) is 0 Å². The van der Waals surface area contributed by atoms with Crippen LogP contribution >= 0.6 is 0 Å². The van der Waals surface area contributed by atoms with Gasteiger partial charge in [-0.2, -0.15) is 0 Å². The molecule has 0 spiro atoms. The summed E-state index contributed by atoms with van der Waals surface area (Å²) in [4.78, 5) is 2.33. The minimum atomic E-state index is 0.720. The summed E-state index contributed by atoms with van der Waals surface area (Å²) in [5.74, 6) is 1.76. The van der Waals surface area contributed by atoms with Crippen molar-refractivity contribution >= 4 is 0 Å². The van der Waals surface area contributed by atoms with Crippen molar-refractivity contribution in [3.63, 3.8) is 0 Å². The average molecular weight is 232 g/mol. The maximum Gasteiger partial charge on any atom is 0.119 e. The van der Waals surface area contributed by atoms with Gasteiger partial charge in [0.25, 0.3) is 0 Å². The van der Waals surface area contributed by atoms with Crippen LogP contribution in [-0.4, -0.2) is 38.2 Å². The largest absolute Gasteiger partial charge is 0.493 e. The summed E-state index contributed by atoms with van der Waals surface area (Å²) >= 11 is 0. The van der Waals surface area contributed by atoms with E-state index in [-0.39, 0.29) is 0 Å². The van der Waals surface area contributed by atoms with E-state index in [4.69, 9.17) is 4.74 Å². The number of fused-ring (bicyclic) bond motifs is 1. The molecule has 0 aromatic heterocycles. The van der Waals surface area contributed by atoms with Crippen LogP contribution in [0.25, 0.3) is 0 Å². The second-order valence-electron chi connectivity index (χ2n) is 5.26. The summed E-state index contributed by atoms with van der Waals surface area (Å²) in [5.41, 5.74) is 2.87. The second kappa shape index (κ2) is 4.67. The number of hydrogen-bond donors (Lipinski definition) is 1. The minimum absolute atomic E-state index is 0.720. The second-order valence-corrected chi connectivity index (χ2v) is 5.26. The number of rotatable bonds is 3. The summed E-state index contributed by atoms with van der Waals surface area (Å²) in [6.07, 6.45) is 1.12. The van der Waals surface area contributed by atoms with Crippen LogP contribution in [0.15, 0.2) is 18.2 Å². The van der Waals surface area contributed by atoms with Crippen molar-refractivity contribution < 1.29 is 4.74 Å². The molecule has 0 unspecified atom stereocenters. The van der Waals surface area contributed by atoms with E-state index in [0.717, 1.165) is 37.8 Å². The van der Waals surface area contributed by atoms with Crippen LogP contribution in [0.4, 0.5) is 0 Å². The predicted molar refractivity (Wildman–Crippen MR) is 68.3 cm³/mol. The maximum absolute atomic E-state index is 5.88. The van der Waals surface area contributed by atoms with Gasteiger partial charge in [-0.05, 0) is 43.3 Å². The minimum Gasteiger partial charge on any atom is -0.493 e. The van der Waals surface area contributed by atoms with E-state index in [1.54, 1.807) is 0 Å². The Labute approximate surface area is 103 Å². The van der Waals surface area contributed by atoms with Crippen LogP contribution in [0.1, 0.15) is 11.1 Å². The predicted octanol–water partition coefficient (Wildman–Crippen LogP) is 1.27. The van der Waals surface area contributed by atoms with Crippen molar-refractivity contribution in [2.75, 3.05) is 33.3 Å².